The first-order chi connectivity index (χ1) is 54.0. The fourth-order valence-electron chi connectivity index (χ4n) is 16.3. The number of carbonyl (C=O) groups excluding carboxylic acids is 8. The molecule has 12 heterocycles. The molecule has 580 valence electrons. The third kappa shape index (κ3) is 16.8. The fraction of sp³-hybridized carbons (Fsp3) is 0.439. The molecule has 2 aromatic heterocycles. The highest BCUT2D eigenvalue weighted by Gasteiger charge is 2.47. The van der Waals surface area contributed by atoms with E-state index in [1.54, 1.807) is 49.0 Å². The predicted octanol–water partition coefficient (Wildman–Crippen LogP) is 7.64. The van der Waals surface area contributed by atoms with E-state index in [0.717, 1.165) is 185 Å². The molecule has 10 aliphatic rings. The van der Waals surface area contributed by atoms with Gasteiger partial charge in [-0.25, -0.2) is 14.4 Å². The summed E-state index contributed by atoms with van der Waals surface area (Å²) in [6.45, 7) is 20.9. The van der Waals surface area contributed by atoms with Gasteiger partial charge in [-0.3, -0.25) is 68.6 Å². The minimum absolute atomic E-state index is 0.0537. The molecule has 8 saturated heterocycles. The van der Waals surface area contributed by atoms with E-state index < -0.39 is 59.3 Å². The summed E-state index contributed by atoms with van der Waals surface area (Å²) < 4.78 is 39.1. The molecule has 0 radical (unpaired) electrons. The molecule has 6 aromatic carbocycles. The summed E-state index contributed by atoms with van der Waals surface area (Å²) in [5.41, 5.74) is 8.35. The number of thiazole rings is 2. The second kappa shape index (κ2) is 33.3. The smallest absolute Gasteiger partial charge is 0.262 e. The number of piperazine rings is 2. The van der Waals surface area contributed by atoms with Crippen LogP contribution in [0.15, 0.2) is 121 Å². The average Bonchev–Trinajstić information content (AvgIpc) is 1.61. The fourth-order valence-corrected chi connectivity index (χ4v) is 18.3. The molecule has 0 spiro atoms. The van der Waals surface area contributed by atoms with E-state index in [1.165, 1.54) is 69.6 Å². The number of piperidine rings is 4. The summed E-state index contributed by atoms with van der Waals surface area (Å²) in [4.78, 5) is 126. The maximum Gasteiger partial charge on any atom is 0.262 e. The Kier molecular flexibility index (Phi) is 22.6. The minimum atomic E-state index is -1.02. The summed E-state index contributed by atoms with van der Waals surface area (Å²) in [6.07, 6.45) is 6.23. The lowest BCUT2D eigenvalue weighted by Crippen LogP contribution is -2.54. The number of ether oxygens (including phenoxy) is 4. The number of imide groups is 4. The van der Waals surface area contributed by atoms with Crippen LogP contribution in [-0.4, -0.2) is 268 Å². The maximum absolute atomic E-state index is 13.3. The van der Waals surface area contributed by atoms with Crippen molar-refractivity contribution in [2.75, 3.05) is 160 Å². The van der Waals surface area contributed by atoms with E-state index in [-0.39, 0.29) is 48.8 Å². The third-order valence-corrected chi connectivity index (χ3v) is 25.1. The summed E-state index contributed by atoms with van der Waals surface area (Å²) >= 11 is 3.40. The molecule has 18 rings (SSSR count). The highest BCUT2D eigenvalue weighted by Crippen LogP contribution is 2.38. The first-order valence-corrected chi connectivity index (χ1v) is 40.3. The van der Waals surface area contributed by atoms with Gasteiger partial charge in [-0.15, -0.1) is 22.7 Å². The van der Waals surface area contributed by atoms with Crippen molar-refractivity contribution in [1.82, 2.24) is 55.3 Å². The second-order valence-corrected chi connectivity index (χ2v) is 32.0. The Balaban J connectivity index is 0.000000142. The lowest BCUT2D eigenvalue weighted by molar-refractivity contribution is -0.137. The number of amides is 8. The van der Waals surface area contributed by atoms with E-state index in [0.29, 0.717) is 29.4 Å². The molecule has 26 nitrogen and oxygen atoms in total. The Morgan fingerprint density at radius 2 is 0.820 bits per heavy atom. The standard InChI is InChI=1S/C41H45N7O6S.C28H37N5O2S.C13H9FN2O4/c1-53-30-7-9-34-36(23-30)55-39(42-34)26-2-4-27(5-3-26)47-24-31(25-47)54-29-12-14-44(15-13-29)16-17-45-18-20-46(21-19-45)28-6-8-32-33(22-28)41(52)48(40(32)51)35-10-11-37(49)43-38(35)50;1-34-24-6-7-26-27(18-24)36-28(30-26)21-2-4-22(5-3-21)33-19-25(20-33)35-23-8-12-31(13-9-23)16-17-32-14-10-29-11-15-32;14-6-1-2-7-8(5-6)13(20)16(12(7)19)9-3-4-10(17)15-11(9)18/h2-9,22-23,29,31,35H,10-21,24-25H2,1H3,(H,43,49,50);2-7,18,23,25,29H,8-17,19-20H2,1H3;1-2,5,9H,3-4H2,(H,15,17,18). The van der Waals surface area contributed by atoms with Gasteiger partial charge >= 0.3 is 0 Å². The van der Waals surface area contributed by atoms with Gasteiger partial charge in [0.15, 0.2) is 0 Å². The van der Waals surface area contributed by atoms with Gasteiger partial charge in [-0.05, 0) is 160 Å². The molecule has 2 unspecified atom stereocenters. The second-order valence-electron chi connectivity index (χ2n) is 29.9. The van der Waals surface area contributed by atoms with Crippen LogP contribution in [0.2, 0.25) is 0 Å². The molecule has 29 heteroatoms. The number of benzene rings is 6. The summed E-state index contributed by atoms with van der Waals surface area (Å²) in [5, 5.41) is 9.84. The van der Waals surface area contributed by atoms with Gasteiger partial charge in [-0.1, -0.05) is 0 Å². The zero-order valence-electron chi connectivity index (χ0n) is 62.3. The number of methoxy groups -OCH3 is 2. The van der Waals surface area contributed by atoms with Crippen molar-refractivity contribution in [2.24, 2.45) is 0 Å². The third-order valence-electron chi connectivity index (χ3n) is 22.9. The molecule has 0 aliphatic carbocycles. The highest BCUT2D eigenvalue weighted by molar-refractivity contribution is 7.22. The number of fused-ring (bicyclic) bond motifs is 4. The van der Waals surface area contributed by atoms with Crippen LogP contribution in [0, 0.1) is 5.82 Å². The summed E-state index contributed by atoms with van der Waals surface area (Å²) in [6, 6.07) is 36.2. The molecule has 0 bridgehead atoms. The average molecular weight is 1550 g/mol. The normalized spacial score (nSPS) is 21.4. The molecular weight excluding hydrogens is 1460 g/mol. The molecule has 8 fully saturated rings. The molecule has 8 aromatic rings. The number of likely N-dealkylation sites (tertiary alicyclic amines) is 2. The topological polar surface area (TPSA) is 265 Å². The minimum Gasteiger partial charge on any atom is -0.497 e. The van der Waals surface area contributed by atoms with Gasteiger partial charge in [0.2, 0.25) is 23.6 Å². The van der Waals surface area contributed by atoms with E-state index in [4.69, 9.17) is 28.9 Å². The largest absolute Gasteiger partial charge is 0.497 e. The van der Waals surface area contributed by atoms with Crippen LogP contribution in [-0.2, 0) is 28.7 Å². The van der Waals surface area contributed by atoms with Gasteiger partial charge < -0.3 is 48.8 Å². The maximum atomic E-state index is 13.3. The van der Waals surface area contributed by atoms with Crippen molar-refractivity contribution < 1.29 is 61.7 Å². The Labute approximate surface area is 650 Å². The molecule has 0 saturated carbocycles. The Hall–Kier alpha value is -9.69. The number of hydrogen-bond donors (Lipinski definition) is 3. The highest BCUT2D eigenvalue weighted by atomic mass is 32.1. The van der Waals surface area contributed by atoms with Crippen LogP contribution in [0.25, 0.3) is 41.6 Å². The van der Waals surface area contributed by atoms with Crippen molar-refractivity contribution in [3.05, 3.63) is 149 Å². The lowest BCUT2D eigenvalue weighted by Gasteiger charge is -2.44. The van der Waals surface area contributed by atoms with E-state index in [1.807, 2.05) is 36.4 Å². The first-order valence-electron chi connectivity index (χ1n) is 38.6. The Morgan fingerprint density at radius 3 is 1.26 bits per heavy atom. The van der Waals surface area contributed by atoms with Crippen LogP contribution >= 0.6 is 22.7 Å². The Morgan fingerprint density at radius 1 is 0.414 bits per heavy atom. The Bertz CT molecular complexity index is 4810. The monoisotopic (exact) mass is 1550 g/mol. The van der Waals surface area contributed by atoms with Crippen molar-refractivity contribution in [3.63, 3.8) is 0 Å². The van der Waals surface area contributed by atoms with Crippen LogP contribution in [0.3, 0.4) is 0 Å². The molecule has 111 heavy (non-hydrogen) atoms. The van der Waals surface area contributed by atoms with E-state index in [2.05, 4.69) is 105 Å². The summed E-state index contributed by atoms with van der Waals surface area (Å²) in [5.74, 6) is -3.29. The van der Waals surface area contributed by atoms with Crippen LogP contribution in [0.5, 0.6) is 11.5 Å². The molecule has 10 aliphatic heterocycles. The number of aromatic nitrogens is 2. The molecular formula is C82H91FN14O12S2. The lowest BCUT2D eigenvalue weighted by atomic mass is 10.0. The van der Waals surface area contributed by atoms with Crippen LogP contribution < -0.4 is 40.1 Å². The number of carbonyl (C=O) groups is 8. The van der Waals surface area contributed by atoms with Crippen LogP contribution in [0.4, 0.5) is 21.5 Å². The van der Waals surface area contributed by atoms with Gasteiger partial charge in [0.1, 0.15) is 39.4 Å². The van der Waals surface area contributed by atoms with Gasteiger partial charge in [-0.2, -0.15) is 0 Å². The quantitative estimate of drug-likeness (QED) is 0.0657. The SMILES string of the molecule is COc1ccc2nc(-c3ccc(N4CC(OC5CCN(CCN6CCN(c7ccc8c(c7)C(=O)N(C7CCC(=O)NC7=O)C8=O)CC6)CC5)C4)cc3)sc2c1.COc1ccc2nc(-c3ccc(N4CC(OC5CCN(CCN6CCNCC6)CC5)C4)cc3)sc2c1.O=C1CCC(N2C(=O)c3ccc(F)cc3C2=O)C(=O)N1. The number of rotatable bonds is 19. The van der Waals surface area contributed by atoms with E-state index in [9.17, 15) is 42.7 Å². The number of halogens is 1. The first kappa shape index (κ1) is 75.4. The van der Waals surface area contributed by atoms with Crippen molar-refractivity contribution in [1.29, 1.82) is 0 Å². The zero-order valence-corrected chi connectivity index (χ0v) is 64.0. The van der Waals surface area contributed by atoms with Gasteiger partial charge in [0, 0.05) is 172 Å². The molecule has 8 amide bonds. The van der Waals surface area contributed by atoms with Gasteiger partial charge in [0.05, 0.1) is 81.3 Å². The van der Waals surface area contributed by atoms with Crippen molar-refractivity contribution in [3.8, 4) is 32.6 Å². The van der Waals surface area contributed by atoms with Crippen LogP contribution in [0.1, 0.15) is 92.8 Å². The summed E-state index contributed by atoms with van der Waals surface area (Å²) in [7, 11) is 3.39. The van der Waals surface area contributed by atoms with E-state index >= 15 is 0 Å². The van der Waals surface area contributed by atoms with Crippen molar-refractivity contribution >= 4 is 107 Å². The number of nitrogens with zero attached hydrogens (tertiary/aromatic N) is 11. The predicted molar refractivity (Wildman–Crippen MR) is 420 cm³/mol. The molecule has 2 atom stereocenters. The number of anilines is 3. The number of hydrogen-bond acceptors (Lipinski definition) is 24. The number of nitrogens with one attached hydrogen (secondary N) is 3. The molecule has 3 N–H and O–H groups in total. The van der Waals surface area contributed by atoms with Gasteiger partial charge in [0.25, 0.3) is 23.6 Å². The zero-order chi connectivity index (χ0) is 76.4. The van der Waals surface area contributed by atoms with Crippen molar-refractivity contribution in [2.45, 2.75) is 87.9 Å².